The van der Waals surface area contributed by atoms with Crippen LogP contribution in [0.3, 0.4) is 0 Å². The third-order valence-electron chi connectivity index (χ3n) is 3.49. The van der Waals surface area contributed by atoms with E-state index in [1.807, 2.05) is 31.2 Å². The molecule has 0 fully saturated rings. The number of halogens is 1. The third-order valence-corrected chi connectivity index (χ3v) is 3.89. The second kappa shape index (κ2) is 6.30. The van der Waals surface area contributed by atoms with Gasteiger partial charge >= 0.3 is 0 Å². The van der Waals surface area contributed by atoms with Crippen LogP contribution in [0.4, 0.5) is 0 Å². The number of ether oxygens (including phenoxy) is 2. The summed E-state index contributed by atoms with van der Waals surface area (Å²) in [7, 11) is 3.17. The molecule has 0 N–H and O–H groups in total. The van der Waals surface area contributed by atoms with Crippen molar-refractivity contribution in [1.29, 1.82) is 0 Å². The quantitative estimate of drug-likeness (QED) is 0.710. The highest BCUT2D eigenvalue weighted by Gasteiger charge is 2.13. The molecule has 1 heterocycles. The van der Waals surface area contributed by atoms with Crippen LogP contribution >= 0.6 is 11.6 Å². The molecule has 3 aromatic rings. The zero-order chi connectivity index (χ0) is 16.4. The number of nitrogens with zero attached hydrogens (tertiary/aromatic N) is 2. The zero-order valence-corrected chi connectivity index (χ0v) is 13.7. The van der Waals surface area contributed by atoms with E-state index in [9.17, 15) is 0 Å². The Morgan fingerprint density at radius 3 is 2.39 bits per heavy atom. The van der Waals surface area contributed by atoms with E-state index in [1.54, 1.807) is 26.4 Å². The molecule has 0 radical (unpaired) electrons. The number of aromatic nitrogens is 2. The number of hydrogen-bond acceptors (Lipinski definition) is 5. The van der Waals surface area contributed by atoms with E-state index in [-0.39, 0.29) is 0 Å². The second-order valence-electron chi connectivity index (χ2n) is 4.96. The van der Waals surface area contributed by atoms with Gasteiger partial charge < -0.3 is 14.0 Å². The summed E-state index contributed by atoms with van der Waals surface area (Å²) in [6, 6.07) is 11.1. The van der Waals surface area contributed by atoms with E-state index >= 15 is 0 Å². The van der Waals surface area contributed by atoms with Gasteiger partial charge in [-0.2, -0.15) is 4.98 Å². The van der Waals surface area contributed by atoms with Crippen LogP contribution in [-0.2, 0) is 0 Å². The molecule has 0 aliphatic heterocycles. The lowest BCUT2D eigenvalue weighted by atomic mass is 10.1. The maximum absolute atomic E-state index is 6.14. The van der Waals surface area contributed by atoms with Crippen LogP contribution in [0, 0.1) is 6.92 Å². The van der Waals surface area contributed by atoms with E-state index in [0.29, 0.717) is 28.2 Å². The van der Waals surface area contributed by atoms with Crippen LogP contribution in [0.1, 0.15) is 5.56 Å². The minimum Gasteiger partial charge on any atom is -0.493 e. The molecule has 0 aliphatic carbocycles. The molecule has 3 rings (SSSR count). The maximum atomic E-state index is 6.14. The van der Waals surface area contributed by atoms with Crippen molar-refractivity contribution < 1.29 is 14.0 Å². The molecule has 0 saturated heterocycles. The normalized spacial score (nSPS) is 10.6. The van der Waals surface area contributed by atoms with Crippen molar-refractivity contribution in [3.8, 4) is 34.3 Å². The molecule has 0 atom stereocenters. The van der Waals surface area contributed by atoms with Crippen LogP contribution in [0.15, 0.2) is 40.9 Å². The first-order valence-electron chi connectivity index (χ1n) is 6.95. The van der Waals surface area contributed by atoms with Crippen LogP contribution in [0.25, 0.3) is 22.8 Å². The first-order chi connectivity index (χ1) is 11.1. The van der Waals surface area contributed by atoms with Gasteiger partial charge in [-0.25, -0.2) is 0 Å². The Balaban J connectivity index is 1.97. The van der Waals surface area contributed by atoms with Crippen LogP contribution in [0.5, 0.6) is 11.5 Å². The monoisotopic (exact) mass is 330 g/mol. The molecular formula is C17H15ClN2O3. The molecule has 0 spiro atoms. The predicted octanol–water partition coefficient (Wildman–Crippen LogP) is 4.38. The lowest BCUT2D eigenvalue weighted by molar-refractivity contribution is 0.355. The molecular weight excluding hydrogens is 316 g/mol. The Morgan fingerprint density at radius 2 is 1.70 bits per heavy atom. The molecule has 0 unspecified atom stereocenters. The van der Waals surface area contributed by atoms with Gasteiger partial charge in [-0.1, -0.05) is 22.8 Å². The molecule has 1 aromatic heterocycles. The number of hydrogen-bond donors (Lipinski definition) is 0. The summed E-state index contributed by atoms with van der Waals surface area (Å²) in [5.41, 5.74) is 2.55. The van der Waals surface area contributed by atoms with Gasteiger partial charge in [0, 0.05) is 16.1 Å². The average Bonchev–Trinajstić information content (AvgIpc) is 3.06. The summed E-state index contributed by atoms with van der Waals surface area (Å²) in [6.07, 6.45) is 0. The van der Waals surface area contributed by atoms with Gasteiger partial charge in [-0.05, 0) is 42.8 Å². The summed E-state index contributed by atoms with van der Waals surface area (Å²) in [5.74, 6) is 2.13. The molecule has 6 heteroatoms. The summed E-state index contributed by atoms with van der Waals surface area (Å²) in [6.45, 7) is 1.94. The number of benzene rings is 2. The van der Waals surface area contributed by atoms with E-state index in [1.165, 1.54) is 0 Å². The fourth-order valence-corrected chi connectivity index (χ4v) is 2.34. The highest BCUT2D eigenvalue weighted by Crippen LogP contribution is 2.32. The first kappa shape index (κ1) is 15.4. The van der Waals surface area contributed by atoms with Crippen molar-refractivity contribution in [3.05, 3.63) is 47.0 Å². The third kappa shape index (κ3) is 3.00. The molecule has 118 valence electrons. The minimum absolute atomic E-state index is 0.414. The van der Waals surface area contributed by atoms with E-state index < -0.39 is 0 Å². The molecule has 0 bridgehead atoms. The van der Waals surface area contributed by atoms with E-state index in [2.05, 4.69) is 10.1 Å². The van der Waals surface area contributed by atoms with Crippen LogP contribution < -0.4 is 9.47 Å². The van der Waals surface area contributed by atoms with E-state index in [0.717, 1.165) is 16.7 Å². The summed E-state index contributed by atoms with van der Waals surface area (Å²) < 4.78 is 15.9. The number of rotatable bonds is 4. The van der Waals surface area contributed by atoms with Gasteiger partial charge in [0.05, 0.1) is 14.2 Å². The molecule has 0 saturated carbocycles. The Morgan fingerprint density at radius 1 is 0.957 bits per heavy atom. The van der Waals surface area contributed by atoms with Crippen molar-refractivity contribution in [2.24, 2.45) is 0 Å². The van der Waals surface area contributed by atoms with Gasteiger partial charge in [-0.15, -0.1) is 0 Å². The SMILES string of the molecule is COc1ccc(-c2noc(-c3ccc(C)c(Cl)c3)n2)cc1OC. The van der Waals surface area contributed by atoms with Gasteiger partial charge in [0.25, 0.3) is 5.89 Å². The fourth-order valence-electron chi connectivity index (χ4n) is 2.16. The highest BCUT2D eigenvalue weighted by atomic mass is 35.5. The van der Waals surface area contributed by atoms with Gasteiger partial charge in [0.1, 0.15) is 0 Å². The number of aryl methyl sites for hydroxylation is 1. The summed E-state index contributed by atoms with van der Waals surface area (Å²) in [5, 5.41) is 4.68. The van der Waals surface area contributed by atoms with Crippen LogP contribution in [-0.4, -0.2) is 24.4 Å². The zero-order valence-electron chi connectivity index (χ0n) is 13.0. The van der Waals surface area contributed by atoms with Gasteiger partial charge in [0.15, 0.2) is 11.5 Å². The van der Waals surface area contributed by atoms with Crippen LogP contribution in [0.2, 0.25) is 5.02 Å². The fraction of sp³-hybridized carbons (Fsp3) is 0.176. The molecule has 23 heavy (non-hydrogen) atoms. The van der Waals surface area contributed by atoms with Crippen molar-refractivity contribution in [2.45, 2.75) is 6.92 Å². The van der Waals surface area contributed by atoms with Crippen molar-refractivity contribution >= 4 is 11.6 Å². The molecule has 0 amide bonds. The Hall–Kier alpha value is -2.53. The molecule has 2 aromatic carbocycles. The summed E-state index contributed by atoms with van der Waals surface area (Å²) in [4.78, 5) is 4.42. The first-order valence-corrected chi connectivity index (χ1v) is 7.33. The smallest absolute Gasteiger partial charge is 0.258 e. The lowest BCUT2D eigenvalue weighted by Gasteiger charge is -2.07. The Kier molecular flexibility index (Phi) is 4.21. The maximum Gasteiger partial charge on any atom is 0.258 e. The molecule has 5 nitrogen and oxygen atoms in total. The Bertz CT molecular complexity index is 846. The van der Waals surface area contributed by atoms with E-state index in [4.69, 9.17) is 25.6 Å². The molecule has 0 aliphatic rings. The predicted molar refractivity (Wildman–Crippen MR) is 88.0 cm³/mol. The lowest BCUT2D eigenvalue weighted by Crippen LogP contribution is -1.91. The number of methoxy groups -OCH3 is 2. The van der Waals surface area contributed by atoms with Gasteiger partial charge in [-0.3, -0.25) is 0 Å². The van der Waals surface area contributed by atoms with Gasteiger partial charge in [0.2, 0.25) is 5.82 Å². The van der Waals surface area contributed by atoms with Crippen molar-refractivity contribution in [2.75, 3.05) is 14.2 Å². The summed E-state index contributed by atoms with van der Waals surface area (Å²) >= 11 is 6.14. The standard InChI is InChI=1S/C17H15ClN2O3/c1-10-4-5-12(8-13(10)18)17-19-16(20-23-17)11-6-7-14(21-2)15(9-11)22-3/h4-9H,1-3H3. The largest absolute Gasteiger partial charge is 0.493 e. The highest BCUT2D eigenvalue weighted by molar-refractivity contribution is 6.31. The second-order valence-corrected chi connectivity index (χ2v) is 5.36. The van der Waals surface area contributed by atoms with Crippen molar-refractivity contribution in [1.82, 2.24) is 10.1 Å². The Labute approximate surface area is 138 Å². The minimum atomic E-state index is 0.414. The van der Waals surface area contributed by atoms with Crippen molar-refractivity contribution in [3.63, 3.8) is 0 Å². The average molecular weight is 331 g/mol. The topological polar surface area (TPSA) is 57.4 Å².